The topological polar surface area (TPSA) is 79.8 Å². The van der Waals surface area contributed by atoms with E-state index in [4.69, 9.17) is 4.74 Å². The molecule has 0 bridgehead atoms. The molecule has 0 amide bonds. The molecule has 1 atom stereocenters. The van der Waals surface area contributed by atoms with Crippen molar-refractivity contribution in [3.63, 3.8) is 0 Å². The number of nitrogens with zero attached hydrogens (tertiary/aromatic N) is 3. The van der Waals surface area contributed by atoms with Crippen LogP contribution in [0, 0.1) is 6.92 Å². The van der Waals surface area contributed by atoms with Crippen LogP contribution in [0.3, 0.4) is 0 Å². The monoisotopic (exact) mass is 485 g/mol. The first-order chi connectivity index (χ1) is 15.4. The van der Waals surface area contributed by atoms with Gasteiger partial charge in [-0.25, -0.2) is 13.4 Å². The zero-order chi connectivity index (χ0) is 24.4. The number of ether oxygens (including phenoxy) is 1. The Kier molecular flexibility index (Phi) is 7.32. The molecule has 11 heteroatoms. The molecule has 1 aliphatic heterocycles. The van der Waals surface area contributed by atoms with Gasteiger partial charge in [-0.2, -0.15) is 17.5 Å². The zero-order valence-corrected chi connectivity index (χ0v) is 19.4. The molecule has 2 heterocycles. The number of sulfonamides is 1. The Hall–Kier alpha value is -2.66. The van der Waals surface area contributed by atoms with E-state index in [0.29, 0.717) is 11.4 Å². The van der Waals surface area contributed by atoms with Crippen molar-refractivity contribution in [3.8, 4) is 0 Å². The molecule has 1 unspecified atom stereocenters. The number of hydrogen-bond acceptors (Lipinski definition) is 6. The lowest BCUT2D eigenvalue weighted by molar-refractivity contribution is -0.142. The van der Waals surface area contributed by atoms with E-state index in [9.17, 15) is 26.4 Å². The number of aromatic nitrogens is 1. The van der Waals surface area contributed by atoms with Gasteiger partial charge in [0.15, 0.2) is 0 Å². The second-order valence-corrected chi connectivity index (χ2v) is 9.82. The van der Waals surface area contributed by atoms with Gasteiger partial charge in [0.1, 0.15) is 5.82 Å². The number of halogens is 3. The minimum absolute atomic E-state index is 0.0210. The third kappa shape index (κ3) is 5.64. The standard InChI is InChI=1S/C22H26F3N3O4S/c1-4-32-21(29)12-17-11-19(7-5-15(17)2)33(30,31)27-9-10-28(16(3)14-27)20-8-6-18(13-26-20)22(23,24)25/h5-8,11,13,16H,4,9-10,12,14H2,1-3H3. The van der Waals surface area contributed by atoms with Crippen LogP contribution in [-0.4, -0.2) is 56.0 Å². The Balaban J connectivity index is 1.76. The number of benzene rings is 1. The van der Waals surface area contributed by atoms with Gasteiger partial charge in [0.2, 0.25) is 10.0 Å². The lowest BCUT2D eigenvalue weighted by Crippen LogP contribution is -2.53. The van der Waals surface area contributed by atoms with Crippen LogP contribution >= 0.6 is 0 Å². The maximum atomic E-state index is 13.3. The number of pyridine rings is 1. The Morgan fingerprint density at radius 1 is 1.21 bits per heavy atom. The van der Waals surface area contributed by atoms with E-state index in [-0.39, 0.29) is 43.6 Å². The van der Waals surface area contributed by atoms with Crippen LogP contribution in [0.1, 0.15) is 30.5 Å². The first-order valence-electron chi connectivity index (χ1n) is 10.5. The maximum absolute atomic E-state index is 13.3. The van der Waals surface area contributed by atoms with Crippen molar-refractivity contribution >= 4 is 21.8 Å². The third-order valence-corrected chi connectivity index (χ3v) is 7.42. The third-order valence-electron chi connectivity index (χ3n) is 5.56. The minimum atomic E-state index is -4.47. The molecule has 0 N–H and O–H groups in total. The van der Waals surface area contributed by atoms with Gasteiger partial charge in [-0.05, 0) is 56.2 Å². The van der Waals surface area contributed by atoms with Crippen LogP contribution in [0.25, 0.3) is 0 Å². The summed E-state index contributed by atoms with van der Waals surface area (Å²) in [4.78, 5) is 17.7. The van der Waals surface area contributed by atoms with Crippen molar-refractivity contribution in [1.82, 2.24) is 9.29 Å². The van der Waals surface area contributed by atoms with Gasteiger partial charge in [-0.3, -0.25) is 4.79 Å². The Labute approximate surface area is 191 Å². The number of esters is 1. The highest BCUT2D eigenvalue weighted by molar-refractivity contribution is 7.89. The minimum Gasteiger partial charge on any atom is -0.466 e. The molecular weight excluding hydrogens is 459 g/mol. The first-order valence-corrected chi connectivity index (χ1v) is 11.9. The van der Waals surface area contributed by atoms with Crippen LogP contribution in [0.4, 0.5) is 19.0 Å². The number of hydrogen-bond donors (Lipinski definition) is 0. The summed E-state index contributed by atoms with van der Waals surface area (Å²) < 4.78 is 71.2. The summed E-state index contributed by atoms with van der Waals surface area (Å²) in [6, 6.07) is 6.62. The summed E-state index contributed by atoms with van der Waals surface area (Å²) >= 11 is 0. The quantitative estimate of drug-likeness (QED) is 0.584. The van der Waals surface area contributed by atoms with Crippen LogP contribution < -0.4 is 4.90 Å². The second-order valence-electron chi connectivity index (χ2n) is 7.88. The largest absolute Gasteiger partial charge is 0.466 e. The van der Waals surface area contributed by atoms with Crippen LogP contribution in [0.5, 0.6) is 0 Å². The molecule has 0 radical (unpaired) electrons. The summed E-state index contributed by atoms with van der Waals surface area (Å²) in [5.74, 6) is -0.0685. The molecule has 0 aliphatic carbocycles. The molecule has 1 aromatic heterocycles. The van der Waals surface area contributed by atoms with Gasteiger partial charge in [-0.15, -0.1) is 0 Å². The number of aryl methyl sites for hydroxylation is 1. The van der Waals surface area contributed by atoms with Crippen molar-refractivity contribution in [2.45, 2.75) is 44.3 Å². The molecule has 1 aromatic carbocycles. The SMILES string of the molecule is CCOC(=O)Cc1cc(S(=O)(=O)N2CCN(c3ccc(C(F)(F)F)cn3)C(C)C2)ccc1C. The van der Waals surface area contributed by atoms with Gasteiger partial charge < -0.3 is 9.64 Å². The summed E-state index contributed by atoms with van der Waals surface area (Å²) in [6.07, 6.45) is -3.71. The van der Waals surface area contributed by atoms with Gasteiger partial charge in [-0.1, -0.05) is 6.07 Å². The van der Waals surface area contributed by atoms with E-state index in [1.165, 1.54) is 22.5 Å². The number of piperazine rings is 1. The summed E-state index contributed by atoms with van der Waals surface area (Å²) in [5, 5.41) is 0. The molecular formula is C22H26F3N3O4S. The lowest BCUT2D eigenvalue weighted by atomic mass is 10.1. The highest BCUT2D eigenvalue weighted by Gasteiger charge is 2.34. The van der Waals surface area contributed by atoms with Crippen molar-refractivity contribution < 1.29 is 31.1 Å². The number of rotatable bonds is 6. The van der Waals surface area contributed by atoms with E-state index in [1.807, 2.05) is 0 Å². The summed E-state index contributed by atoms with van der Waals surface area (Å²) in [5.41, 5.74) is 0.529. The number of anilines is 1. The molecule has 7 nitrogen and oxygen atoms in total. The van der Waals surface area contributed by atoms with Crippen LogP contribution in [0.2, 0.25) is 0 Å². The molecule has 33 heavy (non-hydrogen) atoms. The smallest absolute Gasteiger partial charge is 0.417 e. The van der Waals surface area contributed by atoms with E-state index >= 15 is 0 Å². The maximum Gasteiger partial charge on any atom is 0.417 e. The predicted molar refractivity (Wildman–Crippen MR) is 116 cm³/mol. The number of carbonyl (C=O) groups is 1. The molecule has 180 valence electrons. The van der Waals surface area contributed by atoms with Gasteiger partial charge in [0.25, 0.3) is 0 Å². The fraction of sp³-hybridized carbons (Fsp3) is 0.455. The second kappa shape index (κ2) is 9.68. The molecule has 2 aromatic rings. The van der Waals surface area contributed by atoms with Gasteiger partial charge >= 0.3 is 12.1 Å². The molecule has 0 spiro atoms. The van der Waals surface area contributed by atoms with Gasteiger partial charge in [0, 0.05) is 31.9 Å². The summed E-state index contributed by atoms with van der Waals surface area (Å²) in [7, 11) is -3.83. The Morgan fingerprint density at radius 3 is 2.52 bits per heavy atom. The highest BCUT2D eigenvalue weighted by atomic mass is 32.2. The fourth-order valence-corrected chi connectivity index (χ4v) is 5.29. The van der Waals surface area contributed by atoms with Crippen molar-refractivity contribution in [2.75, 3.05) is 31.1 Å². The Morgan fingerprint density at radius 2 is 1.94 bits per heavy atom. The highest BCUT2D eigenvalue weighted by Crippen LogP contribution is 2.30. The number of carbonyl (C=O) groups excluding carboxylic acids is 1. The molecule has 1 fully saturated rings. The zero-order valence-electron chi connectivity index (χ0n) is 18.6. The van der Waals surface area contributed by atoms with E-state index in [2.05, 4.69) is 4.98 Å². The first kappa shape index (κ1) is 25.0. The van der Waals surface area contributed by atoms with E-state index in [0.717, 1.165) is 17.8 Å². The molecule has 0 saturated carbocycles. The molecule has 1 saturated heterocycles. The van der Waals surface area contributed by atoms with Crippen molar-refractivity contribution in [3.05, 3.63) is 53.2 Å². The average Bonchev–Trinajstić information content (AvgIpc) is 2.74. The van der Waals surface area contributed by atoms with Crippen LogP contribution in [0.15, 0.2) is 41.4 Å². The van der Waals surface area contributed by atoms with E-state index < -0.39 is 27.7 Å². The molecule has 1 aliphatic rings. The normalized spacial score (nSPS) is 17.8. The summed E-state index contributed by atoms with van der Waals surface area (Å²) in [6.45, 7) is 6.10. The van der Waals surface area contributed by atoms with Crippen molar-refractivity contribution in [1.29, 1.82) is 0 Å². The number of alkyl halides is 3. The van der Waals surface area contributed by atoms with Crippen LogP contribution in [-0.2, 0) is 32.2 Å². The average molecular weight is 486 g/mol. The predicted octanol–water partition coefficient (Wildman–Crippen LogP) is 3.41. The van der Waals surface area contributed by atoms with Crippen molar-refractivity contribution in [2.24, 2.45) is 0 Å². The molecule has 3 rings (SSSR count). The fourth-order valence-electron chi connectivity index (χ4n) is 3.72. The van der Waals surface area contributed by atoms with E-state index in [1.54, 1.807) is 31.7 Å². The lowest BCUT2D eigenvalue weighted by Gasteiger charge is -2.40. The Bertz CT molecular complexity index is 1100. The van der Waals surface area contributed by atoms with Gasteiger partial charge in [0.05, 0.1) is 23.5 Å².